The number of ether oxygens (including phenoxy) is 2. The van der Waals surface area contributed by atoms with Gasteiger partial charge in [0.1, 0.15) is 5.60 Å². The van der Waals surface area contributed by atoms with Crippen molar-refractivity contribution >= 4 is 6.09 Å². The molecular formula is C19H30N2O4. The van der Waals surface area contributed by atoms with E-state index in [0.717, 1.165) is 5.56 Å². The summed E-state index contributed by atoms with van der Waals surface area (Å²) in [6.07, 6.45) is -0.343. The van der Waals surface area contributed by atoms with E-state index >= 15 is 0 Å². The van der Waals surface area contributed by atoms with E-state index in [-0.39, 0.29) is 6.10 Å². The summed E-state index contributed by atoms with van der Waals surface area (Å²) >= 11 is 0. The third-order valence-corrected chi connectivity index (χ3v) is 4.41. The van der Waals surface area contributed by atoms with Crippen molar-refractivity contribution in [2.45, 2.75) is 63.5 Å². The molecule has 0 spiro atoms. The maximum absolute atomic E-state index is 12.5. The Bertz CT molecular complexity index is 558. The average molecular weight is 350 g/mol. The zero-order valence-electron chi connectivity index (χ0n) is 15.5. The summed E-state index contributed by atoms with van der Waals surface area (Å²) in [5.41, 5.74) is 6.70. The highest BCUT2D eigenvalue weighted by Gasteiger charge is 2.42. The van der Waals surface area contributed by atoms with Gasteiger partial charge in [-0.1, -0.05) is 30.3 Å². The van der Waals surface area contributed by atoms with Gasteiger partial charge in [0.25, 0.3) is 0 Å². The first-order chi connectivity index (χ1) is 11.7. The van der Waals surface area contributed by atoms with Crippen LogP contribution in [0.1, 0.15) is 32.8 Å². The SMILES string of the molecule is COC1CC([C@@H](O)[C@@H](N)Cc2ccccc2)N(C(=O)OC(C)(C)C)C1. The minimum Gasteiger partial charge on any atom is -0.444 e. The van der Waals surface area contributed by atoms with Crippen LogP contribution in [0.25, 0.3) is 0 Å². The van der Waals surface area contributed by atoms with E-state index in [4.69, 9.17) is 15.2 Å². The van der Waals surface area contributed by atoms with Gasteiger partial charge in [0, 0.05) is 13.2 Å². The Morgan fingerprint density at radius 1 is 1.36 bits per heavy atom. The van der Waals surface area contributed by atoms with Gasteiger partial charge in [-0.2, -0.15) is 0 Å². The first-order valence-electron chi connectivity index (χ1n) is 8.71. The largest absolute Gasteiger partial charge is 0.444 e. The fourth-order valence-corrected chi connectivity index (χ4v) is 3.14. The van der Waals surface area contributed by atoms with Crippen LogP contribution < -0.4 is 5.73 Å². The number of likely N-dealkylation sites (tertiary alicyclic amines) is 1. The Balaban J connectivity index is 2.08. The summed E-state index contributed by atoms with van der Waals surface area (Å²) in [4.78, 5) is 14.1. The molecular weight excluding hydrogens is 320 g/mol. The van der Waals surface area contributed by atoms with Gasteiger partial charge in [-0.25, -0.2) is 4.79 Å². The van der Waals surface area contributed by atoms with Crippen molar-refractivity contribution in [3.63, 3.8) is 0 Å². The lowest BCUT2D eigenvalue weighted by atomic mass is 9.95. The summed E-state index contributed by atoms with van der Waals surface area (Å²) in [5.74, 6) is 0. The van der Waals surface area contributed by atoms with Gasteiger partial charge in [0.15, 0.2) is 0 Å². The van der Waals surface area contributed by atoms with Gasteiger partial charge in [0.2, 0.25) is 0 Å². The molecule has 0 aromatic heterocycles. The Morgan fingerprint density at radius 2 is 2.00 bits per heavy atom. The molecule has 1 fully saturated rings. The van der Waals surface area contributed by atoms with Crippen LogP contribution in [0.4, 0.5) is 4.79 Å². The number of aliphatic hydroxyl groups is 1. The van der Waals surface area contributed by atoms with Crippen LogP contribution >= 0.6 is 0 Å². The fourth-order valence-electron chi connectivity index (χ4n) is 3.14. The second-order valence-corrected chi connectivity index (χ2v) is 7.64. The number of rotatable bonds is 5. The first kappa shape index (κ1) is 19.7. The smallest absolute Gasteiger partial charge is 0.410 e. The molecule has 0 bridgehead atoms. The van der Waals surface area contributed by atoms with Crippen molar-refractivity contribution in [2.24, 2.45) is 5.73 Å². The van der Waals surface area contributed by atoms with E-state index in [1.165, 1.54) is 0 Å². The van der Waals surface area contributed by atoms with Crippen molar-refractivity contribution in [1.29, 1.82) is 0 Å². The molecule has 6 nitrogen and oxygen atoms in total. The lowest BCUT2D eigenvalue weighted by Gasteiger charge is -2.33. The van der Waals surface area contributed by atoms with E-state index in [1.54, 1.807) is 12.0 Å². The van der Waals surface area contributed by atoms with Crippen molar-refractivity contribution in [2.75, 3.05) is 13.7 Å². The Morgan fingerprint density at radius 3 is 2.56 bits per heavy atom. The van der Waals surface area contributed by atoms with E-state index in [1.807, 2.05) is 51.1 Å². The number of hydrogen-bond acceptors (Lipinski definition) is 5. The number of hydrogen-bond donors (Lipinski definition) is 2. The number of nitrogens with zero attached hydrogens (tertiary/aromatic N) is 1. The van der Waals surface area contributed by atoms with E-state index in [9.17, 15) is 9.90 Å². The first-order valence-corrected chi connectivity index (χ1v) is 8.71. The second kappa shape index (κ2) is 8.17. The van der Waals surface area contributed by atoms with Crippen LogP contribution in [-0.2, 0) is 15.9 Å². The number of nitrogens with two attached hydrogens (primary N) is 1. The number of methoxy groups -OCH3 is 1. The zero-order chi connectivity index (χ0) is 18.6. The molecule has 1 heterocycles. The summed E-state index contributed by atoms with van der Waals surface area (Å²) in [6, 6.07) is 8.88. The number of carbonyl (C=O) groups is 1. The third kappa shape index (κ3) is 5.42. The molecule has 1 aromatic rings. The predicted molar refractivity (Wildman–Crippen MR) is 96.3 cm³/mol. The Hall–Kier alpha value is -1.63. The molecule has 1 aromatic carbocycles. The number of amides is 1. The lowest BCUT2D eigenvalue weighted by molar-refractivity contribution is 0.000343. The topological polar surface area (TPSA) is 85.0 Å². The van der Waals surface area contributed by atoms with Crippen LogP contribution in [0, 0.1) is 0 Å². The summed E-state index contributed by atoms with van der Waals surface area (Å²) < 4.78 is 10.9. The maximum atomic E-state index is 12.5. The normalized spacial score (nSPS) is 23.4. The highest BCUT2D eigenvalue weighted by Crippen LogP contribution is 2.26. The van der Waals surface area contributed by atoms with Gasteiger partial charge >= 0.3 is 6.09 Å². The van der Waals surface area contributed by atoms with E-state index < -0.39 is 29.9 Å². The molecule has 0 saturated carbocycles. The Labute approximate surface area is 149 Å². The molecule has 1 aliphatic rings. The molecule has 4 atom stereocenters. The molecule has 1 saturated heterocycles. The third-order valence-electron chi connectivity index (χ3n) is 4.41. The highest BCUT2D eigenvalue weighted by atomic mass is 16.6. The van der Waals surface area contributed by atoms with Crippen LogP contribution in [-0.4, -0.2) is 59.6 Å². The molecule has 6 heteroatoms. The number of aliphatic hydroxyl groups excluding tert-OH is 1. The number of carbonyl (C=O) groups excluding carboxylic acids is 1. The molecule has 0 aliphatic carbocycles. The molecule has 2 rings (SSSR count). The van der Waals surface area contributed by atoms with Crippen LogP contribution in [0.3, 0.4) is 0 Å². The molecule has 0 radical (unpaired) electrons. The van der Waals surface area contributed by atoms with Crippen molar-refractivity contribution in [3.05, 3.63) is 35.9 Å². The van der Waals surface area contributed by atoms with Gasteiger partial charge in [0.05, 0.1) is 24.8 Å². The van der Waals surface area contributed by atoms with E-state index in [0.29, 0.717) is 19.4 Å². The Kier molecular flexibility index (Phi) is 6.43. The van der Waals surface area contributed by atoms with E-state index in [2.05, 4.69) is 0 Å². The second-order valence-electron chi connectivity index (χ2n) is 7.64. The van der Waals surface area contributed by atoms with Crippen LogP contribution in [0.2, 0.25) is 0 Å². The average Bonchev–Trinajstić information content (AvgIpc) is 2.98. The van der Waals surface area contributed by atoms with Crippen molar-refractivity contribution < 1.29 is 19.4 Å². The standard InChI is InChI=1S/C19H30N2O4/c1-19(2,3)25-18(23)21-12-14(24-4)11-16(21)17(22)15(20)10-13-8-6-5-7-9-13/h5-9,14-17,22H,10-12,20H2,1-4H3/t14?,15-,16?,17-/m0/s1. The minimum atomic E-state index is -0.854. The maximum Gasteiger partial charge on any atom is 0.410 e. The summed E-state index contributed by atoms with van der Waals surface area (Å²) in [7, 11) is 1.61. The van der Waals surface area contributed by atoms with Gasteiger partial charge in [-0.3, -0.25) is 4.90 Å². The fraction of sp³-hybridized carbons (Fsp3) is 0.632. The minimum absolute atomic E-state index is 0.129. The molecule has 25 heavy (non-hydrogen) atoms. The van der Waals surface area contributed by atoms with Gasteiger partial charge in [-0.05, 0) is 39.2 Å². The summed E-state index contributed by atoms with van der Waals surface area (Å²) in [5, 5.41) is 10.8. The molecule has 2 unspecified atom stereocenters. The lowest BCUT2D eigenvalue weighted by Crippen LogP contribution is -2.52. The van der Waals surface area contributed by atoms with Gasteiger partial charge < -0.3 is 20.3 Å². The zero-order valence-corrected chi connectivity index (χ0v) is 15.5. The molecule has 3 N–H and O–H groups in total. The van der Waals surface area contributed by atoms with Crippen molar-refractivity contribution in [3.8, 4) is 0 Å². The van der Waals surface area contributed by atoms with Crippen molar-refractivity contribution in [1.82, 2.24) is 4.90 Å². The van der Waals surface area contributed by atoms with Gasteiger partial charge in [-0.15, -0.1) is 0 Å². The quantitative estimate of drug-likeness (QED) is 0.848. The monoisotopic (exact) mass is 350 g/mol. The summed E-state index contributed by atoms with van der Waals surface area (Å²) in [6.45, 7) is 5.86. The predicted octanol–water partition coefficient (Wildman–Crippen LogP) is 1.94. The molecule has 1 amide bonds. The number of benzene rings is 1. The molecule has 140 valence electrons. The highest BCUT2D eigenvalue weighted by molar-refractivity contribution is 5.69. The molecule has 1 aliphatic heterocycles. The van der Waals surface area contributed by atoms with Crippen LogP contribution in [0.5, 0.6) is 0 Å². The van der Waals surface area contributed by atoms with Crippen LogP contribution in [0.15, 0.2) is 30.3 Å².